The summed E-state index contributed by atoms with van der Waals surface area (Å²) in [6, 6.07) is 8.59. The van der Waals surface area contributed by atoms with Crippen molar-refractivity contribution in [1.82, 2.24) is 10.2 Å². The van der Waals surface area contributed by atoms with Gasteiger partial charge in [0.05, 0.1) is 19.2 Å². The first-order chi connectivity index (χ1) is 19.9. The number of fused-ring (bicyclic) bond motifs is 1. The second-order valence-corrected chi connectivity index (χ2v) is 9.84. The summed E-state index contributed by atoms with van der Waals surface area (Å²) in [5.41, 5.74) is 1.92. The van der Waals surface area contributed by atoms with E-state index in [0.29, 0.717) is 40.5 Å². The lowest BCUT2D eigenvalue weighted by Gasteiger charge is -2.43. The van der Waals surface area contributed by atoms with Crippen molar-refractivity contribution in [1.29, 1.82) is 0 Å². The van der Waals surface area contributed by atoms with Crippen LogP contribution in [0.5, 0.6) is 5.75 Å². The Balaban J connectivity index is 1.63. The van der Waals surface area contributed by atoms with Crippen molar-refractivity contribution < 1.29 is 36.6 Å². The molecule has 222 valence electrons. The van der Waals surface area contributed by atoms with Crippen LogP contribution in [0.2, 0.25) is 0 Å². The fraction of sp³-hybridized carbons (Fsp3) is 0.290. The van der Waals surface area contributed by atoms with Crippen LogP contribution < -0.4 is 15.0 Å². The maximum atomic E-state index is 15.2. The van der Waals surface area contributed by atoms with Gasteiger partial charge in [0.25, 0.3) is 5.91 Å². The van der Waals surface area contributed by atoms with Gasteiger partial charge in [-0.2, -0.15) is 0 Å². The van der Waals surface area contributed by atoms with Gasteiger partial charge in [0.2, 0.25) is 0 Å². The Morgan fingerprint density at radius 3 is 2.36 bits per heavy atom. The summed E-state index contributed by atoms with van der Waals surface area (Å²) in [7, 11) is 1.84. The Morgan fingerprint density at radius 1 is 1.00 bits per heavy atom. The second-order valence-electron chi connectivity index (χ2n) is 9.84. The molecule has 3 aromatic rings. The van der Waals surface area contributed by atoms with Crippen molar-refractivity contribution >= 4 is 17.6 Å². The fourth-order valence-electron chi connectivity index (χ4n) is 4.77. The number of nitrogens with one attached hydrogen (secondary N) is 1. The predicted octanol–water partition coefficient (Wildman–Crippen LogP) is 5.91. The molecule has 1 atom stereocenters. The molecule has 0 aliphatic carbocycles. The normalized spacial score (nSPS) is 14.5. The first-order valence-corrected chi connectivity index (χ1v) is 13.2. The topological polar surface area (TPSA) is 71.1 Å². The molecule has 3 aromatic carbocycles. The maximum absolute atomic E-state index is 15.2. The minimum atomic E-state index is -1.11. The molecule has 0 saturated heterocycles. The molecule has 1 N–H and O–H groups in total. The zero-order valence-electron chi connectivity index (χ0n) is 23.7. The number of benzene rings is 3. The second kappa shape index (κ2) is 12.5. The minimum Gasteiger partial charge on any atom is -0.482 e. The quantitative estimate of drug-likeness (QED) is 0.249. The van der Waals surface area contributed by atoms with Crippen LogP contribution in [-0.4, -0.2) is 37.0 Å². The third kappa shape index (κ3) is 6.19. The van der Waals surface area contributed by atoms with Crippen molar-refractivity contribution in [3.05, 3.63) is 106 Å². The van der Waals surface area contributed by atoms with E-state index in [1.807, 2.05) is 18.9 Å². The summed E-state index contributed by atoms with van der Waals surface area (Å²) < 4.78 is 67.1. The number of amides is 1. The van der Waals surface area contributed by atoms with Gasteiger partial charge in [-0.1, -0.05) is 12.6 Å². The van der Waals surface area contributed by atoms with Gasteiger partial charge in [-0.3, -0.25) is 4.79 Å². The molecule has 1 heterocycles. The van der Waals surface area contributed by atoms with Crippen LogP contribution >= 0.6 is 0 Å². The monoisotopic (exact) mass is 585 g/mol. The first-order valence-electron chi connectivity index (χ1n) is 13.2. The van der Waals surface area contributed by atoms with Crippen molar-refractivity contribution in [2.75, 3.05) is 25.2 Å². The van der Waals surface area contributed by atoms with Gasteiger partial charge >= 0.3 is 5.97 Å². The average molecular weight is 586 g/mol. The van der Waals surface area contributed by atoms with Crippen LogP contribution in [0, 0.1) is 30.2 Å². The molecule has 0 saturated carbocycles. The molecule has 1 aliphatic rings. The van der Waals surface area contributed by atoms with Crippen LogP contribution in [0.3, 0.4) is 0 Å². The molecule has 1 amide bonds. The molecule has 0 bridgehead atoms. The number of carbonyl (C=O) groups is 2. The largest absolute Gasteiger partial charge is 0.482 e. The van der Waals surface area contributed by atoms with Crippen LogP contribution in [0.4, 0.5) is 23.2 Å². The number of anilines is 1. The van der Waals surface area contributed by atoms with Crippen LogP contribution in [0.25, 0.3) is 0 Å². The molecule has 0 unspecified atom stereocenters. The van der Waals surface area contributed by atoms with E-state index in [-0.39, 0.29) is 31.4 Å². The van der Waals surface area contributed by atoms with E-state index in [0.717, 1.165) is 5.56 Å². The van der Waals surface area contributed by atoms with E-state index in [1.54, 1.807) is 36.9 Å². The standard InChI is InChI=1S/C31H31F4N3O4/c1-6-41-30(39)16-42-29-10-9-25(33)24(17(29)2)15-38-19(4)37(5)18(3)22-8-7-20(11-28(22)38)31(40)36-14-23-26(34)12-21(32)13-27(23)35/h7-13,18H,4,6,14-16H2,1-3,5H3,(H,36,40)/t18-/m0/s1. The van der Waals surface area contributed by atoms with E-state index in [2.05, 4.69) is 11.9 Å². The van der Waals surface area contributed by atoms with Crippen molar-refractivity contribution in [2.45, 2.75) is 39.9 Å². The molecule has 11 heteroatoms. The van der Waals surface area contributed by atoms with E-state index >= 15 is 4.39 Å². The van der Waals surface area contributed by atoms with Crippen LogP contribution in [-0.2, 0) is 22.6 Å². The van der Waals surface area contributed by atoms with Gasteiger partial charge in [0.15, 0.2) is 6.61 Å². The minimum absolute atomic E-state index is 0.0221. The van der Waals surface area contributed by atoms with Crippen molar-refractivity contribution in [3.63, 3.8) is 0 Å². The van der Waals surface area contributed by atoms with Gasteiger partial charge in [-0.25, -0.2) is 22.4 Å². The van der Waals surface area contributed by atoms with Crippen molar-refractivity contribution in [2.24, 2.45) is 0 Å². The smallest absolute Gasteiger partial charge is 0.344 e. The molecule has 7 nitrogen and oxygen atoms in total. The Hall–Kier alpha value is -4.54. The first kappa shape index (κ1) is 30.4. The van der Waals surface area contributed by atoms with Crippen molar-refractivity contribution in [3.8, 4) is 5.75 Å². The highest BCUT2D eigenvalue weighted by Crippen LogP contribution is 2.41. The number of nitrogens with zero attached hydrogens (tertiary/aromatic N) is 2. The number of esters is 1. The number of hydrogen-bond donors (Lipinski definition) is 1. The molecular formula is C31H31F4N3O4. The lowest BCUT2D eigenvalue weighted by molar-refractivity contribution is -0.145. The van der Waals surface area contributed by atoms with Gasteiger partial charge < -0.3 is 24.6 Å². The average Bonchev–Trinajstić information content (AvgIpc) is 2.94. The fourth-order valence-corrected chi connectivity index (χ4v) is 4.77. The highest BCUT2D eigenvalue weighted by Gasteiger charge is 2.31. The Kier molecular flexibility index (Phi) is 9.08. The van der Waals surface area contributed by atoms with Gasteiger partial charge in [0, 0.05) is 48.1 Å². The molecule has 0 fully saturated rings. The van der Waals surface area contributed by atoms with Gasteiger partial charge in [-0.05, 0) is 56.2 Å². The number of rotatable bonds is 9. The third-order valence-corrected chi connectivity index (χ3v) is 7.32. The molecular weight excluding hydrogens is 554 g/mol. The van der Waals surface area contributed by atoms with E-state index in [1.165, 1.54) is 12.1 Å². The lowest BCUT2D eigenvalue weighted by atomic mass is 9.97. The summed E-state index contributed by atoms with van der Waals surface area (Å²) in [5, 5.41) is 2.47. The molecule has 0 spiro atoms. The Labute approximate surface area is 241 Å². The van der Waals surface area contributed by atoms with E-state index < -0.39 is 47.3 Å². The molecule has 4 rings (SSSR count). The molecule has 42 heavy (non-hydrogen) atoms. The number of halogens is 4. The van der Waals surface area contributed by atoms with Gasteiger partial charge in [0.1, 0.15) is 34.8 Å². The van der Waals surface area contributed by atoms with E-state index in [9.17, 15) is 22.8 Å². The highest BCUT2D eigenvalue weighted by atomic mass is 19.1. The Morgan fingerprint density at radius 2 is 1.69 bits per heavy atom. The SMILES string of the molecule is C=C1N(Cc2c(F)ccc(OCC(=O)OCC)c2C)c2cc(C(=O)NCc3c(F)cc(F)cc3F)ccc2[C@H](C)N1C. The zero-order valence-corrected chi connectivity index (χ0v) is 23.7. The molecule has 0 aromatic heterocycles. The third-order valence-electron chi connectivity index (χ3n) is 7.32. The van der Waals surface area contributed by atoms with E-state index in [4.69, 9.17) is 9.47 Å². The number of ether oxygens (including phenoxy) is 2. The van der Waals surface area contributed by atoms with Crippen LogP contribution in [0.15, 0.2) is 54.9 Å². The zero-order chi connectivity index (χ0) is 30.7. The predicted molar refractivity (Wildman–Crippen MR) is 149 cm³/mol. The summed E-state index contributed by atoms with van der Waals surface area (Å²) in [4.78, 5) is 28.5. The number of hydrogen-bond acceptors (Lipinski definition) is 6. The summed E-state index contributed by atoms with van der Waals surface area (Å²) in [6.07, 6.45) is 0. The summed E-state index contributed by atoms with van der Waals surface area (Å²) in [5.74, 6) is -4.08. The van der Waals surface area contributed by atoms with Gasteiger partial charge in [-0.15, -0.1) is 0 Å². The summed E-state index contributed by atoms with van der Waals surface area (Å²) in [6.45, 7) is 8.90. The maximum Gasteiger partial charge on any atom is 0.344 e. The Bertz CT molecular complexity index is 1520. The molecule has 1 aliphatic heterocycles. The lowest BCUT2D eigenvalue weighted by Crippen LogP contribution is -2.39. The molecule has 0 radical (unpaired) electrons. The summed E-state index contributed by atoms with van der Waals surface area (Å²) >= 11 is 0. The number of carbonyl (C=O) groups excluding carboxylic acids is 2. The highest BCUT2D eigenvalue weighted by molar-refractivity contribution is 5.95. The van der Waals surface area contributed by atoms with Crippen LogP contribution in [0.1, 0.15) is 52.5 Å².